The van der Waals surface area contributed by atoms with E-state index in [4.69, 9.17) is 16.6 Å². The van der Waals surface area contributed by atoms with Gasteiger partial charge in [0.25, 0.3) is 0 Å². The number of hydrogen-bond acceptors (Lipinski definition) is 4. The lowest BCUT2D eigenvalue weighted by atomic mass is 10.0. The van der Waals surface area contributed by atoms with E-state index in [1.807, 2.05) is 12.1 Å². The summed E-state index contributed by atoms with van der Waals surface area (Å²) in [6.45, 7) is 1.80. The van der Waals surface area contributed by atoms with Crippen LogP contribution in [0.2, 0.25) is 0 Å². The number of nitrogens with two attached hydrogens (primary N) is 1. The van der Waals surface area contributed by atoms with Gasteiger partial charge in [0.05, 0.1) is 5.04 Å². The van der Waals surface area contributed by atoms with Gasteiger partial charge in [-0.2, -0.15) is 0 Å². The van der Waals surface area contributed by atoms with Gasteiger partial charge in [0.2, 0.25) is 0 Å². The molecule has 0 aliphatic heterocycles. The van der Waals surface area contributed by atoms with Crippen molar-refractivity contribution in [2.45, 2.75) is 18.2 Å². The van der Waals surface area contributed by atoms with Gasteiger partial charge in [0, 0.05) is 10.6 Å². The van der Waals surface area contributed by atoms with Gasteiger partial charge in [0.1, 0.15) is 0 Å². The highest BCUT2D eigenvalue weighted by Gasteiger charge is 2.02. The molecule has 22 heavy (non-hydrogen) atoms. The third-order valence-corrected chi connectivity index (χ3v) is 4.56. The Bertz CT molecular complexity index is 666. The van der Waals surface area contributed by atoms with Crippen LogP contribution in [0.3, 0.4) is 0 Å². The lowest BCUT2D eigenvalue weighted by Gasteiger charge is -2.06. The van der Waals surface area contributed by atoms with Crippen LogP contribution in [0.4, 0.5) is 0 Å². The first-order chi connectivity index (χ1) is 10.5. The van der Waals surface area contributed by atoms with E-state index in [1.165, 1.54) is 34.7 Å². The molecule has 2 aromatic rings. The quantitative estimate of drug-likeness (QED) is 0.426. The Hall–Kier alpha value is -1.72. The second-order valence-electron chi connectivity index (χ2n) is 4.85. The number of amidine groups is 1. The molecule has 0 aromatic heterocycles. The van der Waals surface area contributed by atoms with Crippen molar-refractivity contribution in [3.63, 3.8) is 0 Å². The lowest BCUT2D eigenvalue weighted by Crippen LogP contribution is -2.05. The molecule has 0 saturated heterocycles. The van der Waals surface area contributed by atoms with Crippen LogP contribution >= 0.6 is 23.5 Å². The molecule has 114 valence electrons. The van der Waals surface area contributed by atoms with Crippen molar-refractivity contribution in [3.05, 3.63) is 54.1 Å². The maximum atomic E-state index is 7.57. The Morgan fingerprint density at radius 1 is 1.05 bits per heavy atom. The number of hydrogen-bond donors (Lipinski definition) is 3. The first-order valence-corrected chi connectivity index (χ1v) is 8.74. The van der Waals surface area contributed by atoms with Gasteiger partial charge < -0.3 is 5.73 Å². The first-order valence-electron chi connectivity index (χ1n) is 6.94. The predicted octanol–water partition coefficient (Wildman–Crippen LogP) is 4.61. The molecule has 0 bridgehead atoms. The number of aryl methyl sites for hydroxylation is 1. The van der Waals surface area contributed by atoms with E-state index < -0.39 is 0 Å². The van der Waals surface area contributed by atoms with Crippen LogP contribution in [-0.4, -0.2) is 16.0 Å². The smallest absolute Gasteiger partial charge is 0.151 e. The zero-order valence-electron chi connectivity index (χ0n) is 12.4. The van der Waals surface area contributed by atoms with E-state index >= 15 is 0 Å². The van der Waals surface area contributed by atoms with Gasteiger partial charge in [-0.1, -0.05) is 59.9 Å². The van der Waals surface area contributed by atoms with Crippen LogP contribution in [0.25, 0.3) is 11.1 Å². The highest BCUT2D eigenvalue weighted by molar-refractivity contribution is 8.14. The molecule has 0 aliphatic rings. The third kappa shape index (κ3) is 5.24. The molecule has 0 aliphatic carbocycles. The average molecular weight is 329 g/mol. The molecule has 0 amide bonds. The molecule has 5 heteroatoms. The maximum absolute atomic E-state index is 7.57. The molecular formula is C17H19N3S2. The molecule has 0 spiro atoms. The van der Waals surface area contributed by atoms with E-state index in [0.717, 1.165) is 22.6 Å². The van der Waals surface area contributed by atoms with Crippen molar-refractivity contribution in [1.29, 1.82) is 10.8 Å². The van der Waals surface area contributed by atoms with Gasteiger partial charge in [-0.25, -0.2) is 0 Å². The molecular weight excluding hydrogens is 310 g/mol. The number of benzene rings is 2. The predicted molar refractivity (Wildman–Crippen MR) is 99.2 cm³/mol. The van der Waals surface area contributed by atoms with E-state index in [9.17, 15) is 0 Å². The summed E-state index contributed by atoms with van der Waals surface area (Å²) in [4.78, 5) is 1.09. The molecule has 0 atom stereocenters. The van der Waals surface area contributed by atoms with E-state index in [1.54, 1.807) is 6.92 Å². The van der Waals surface area contributed by atoms with Crippen LogP contribution < -0.4 is 5.73 Å². The summed E-state index contributed by atoms with van der Waals surface area (Å²) in [5.41, 5.74) is 8.92. The largest absolute Gasteiger partial charge is 0.379 e. The van der Waals surface area contributed by atoms with E-state index in [2.05, 4.69) is 36.4 Å². The molecule has 0 saturated carbocycles. The van der Waals surface area contributed by atoms with Crippen LogP contribution in [0.1, 0.15) is 12.5 Å². The Kier molecular flexibility index (Phi) is 6.10. The van der Waals surface area contributed by atoms with Gasteiger partial charge in [-0.15, -0.1) is 0 Å². The second-order valence-corrected chi connectivity index (χ2v) is 7.27. The molecule has 0 unspecified atom stereocenters. The molecule has 3 nitrogen and oxygen atoms in total. The Morgan fingerprint density at radius 2 is 1.77 bits per heavy atom. The zero-order chi connectivity index (χ0) is 15.9. The van der Waals surface area contributed by atoms with Crippen LogP contribution in [0.15, 0.2) is 53.4 Å². The number of thioether (sulfide) groups is 2. The summed E-state index contributed by atoms with van der Waals surface area (Å²) in [7, 11) is 0. The second kappa shape index (κ2) is 8.06. The summed E-state index contributed by atoms with van der Waals surface area (Å²) >= 11 is 2.85. The summed E-state index contributed by atoms with van der Waals surface area (Å²) < 4.78 is 0. The Balaban J connectivity index is 2.06. The minimum Gasteiger partial charge on any atom is -0.379 e. The van der Waals surface area contributed by atoms with Gasteiger partial charge in [-0.05, 0) is 42.2 Å². The summed E-state index contributed by atoms with van der Waals surface area (Å²) in [6, 6.07) is 16.7. The van der Waals surface area contributed by atoms with Crippen molar-refractivity contribution >= 4 is 33.7 Å². The van der Waals surface area contributed by atoms with Crippen LogP contribution in [0, 0.1) is 10.8 Å². The summed E-state index contributed by atoms with van der Waals surface area (Å²) in [5, 5.41) is 15.5. The lowest BCUT2D eigenvalue weighted by molar-refractivity contribution is 1.16. The van der Waals surface area contributed by atoms with Gasteiger partial charge in [-0.3, -0.25) is 10.8 Å². The fourth-order valence-corrected chi connectivity index (χ4v) is 3.30. The monoisotopic (exact) mass is 329 g/mol. The van der Waals surface area contributed by atoms with Crippen molar-refractivity contribution in [2.75, 3.05) is 5.75 Å². The minimum absolute atomic E-state index is 0.174. The van der Waals surface area contributed by atoms with Crippen molar-refractivity contribution in [1.82, 2.24) is 0 Å². The zero-order valence-corrected chi connectivity index (χ0v) is 14.1. The standard InChI is InChI=1S/C17H19N3S2/c1-12(18)22-16-4-2-3-15(11-16)14-7-5-13(6-8-14)9-10-21-17(19)20/h2-8,11,18H,9-10H2,1H3,(H3,19,20). The highest BCUT2D eigenvalue weighted by atomic mass is 32.2. The minimum atomic E-state index is 0.174. The van der Waals surface area contributed by atoms with E-state index in [-0.39, 0.29) is 5.17 Å². The third-order valence-electron chi connectivity index (χ3n) is 3.04. The van der Waals surface area contributed by atoms with Crippen molar-refractivity contribution < 1.29 is 0 Å². The van der Waals surface area contributed by atoms with Crippen molar-refractivity contribution in [3.8, 4) is 11.1 Å². The SMILES string of the molecule is CC(=N)Sc1cccc(-c2ccc(CCSC(=N)N)cc2)c1. The summed E-state index contributed by atoms with van der Waals surface area (Å²) in [6.07, 6.45) is 0.910. The molecule has 0 radical (unpaired) electrons. The van der Waals surface area contributed by atoms with Gasteiger partial charge in [0.15, 0.2) is 5.17 Å². The first kappa shape index (κ1) is 16.6. The molecule has 0 heterocycles. The summed E-state index contributed by atoms with van der Waals surface area (Å²) in [5.74, 6) is 0.833. The number of rotatable bonds is 5. The maximum Gasteiger partial charge on any atom is 0.151 e. The Labute approximate surface area is 139 Å². The fraction of sp³-hybridized carbons (Fsp3) is 0.176. The Morgan fingerprint density at radius 3 is 2.41 bits per heavy atom. The molecule has 2 aromatic carbocycles. The number of nitrogens with one attached hydrogen (secondary N) is 2. The van der Waals surface area contributed by atoms with Crippen LogP contribution in [0.5, 0.6) is 0 Å². The van der Waals surface area contributed by atoms with E-state index in [0.29, 0.717) is 5.04 Å². The normalized spacial score (nSPS) is 10.4. The average Bonchev–Trinajstić information content (AvgIpc) is 2.47. The topological polar surface area (TPSA) is 73.7 Å². The molecule has 4 N–H and O–H groups in total. The molecule has 2 rings (SSSR count). The molecule has 0 fully saturated rings. The van der Waals surface area contributed by atoms with Crippen LogP contribution in [-0.2, 0) is 6.42 Å². The van der Waals surface area contributed by atoms with Crippen molar-refractivity contribution in [2.24, 2.45) is 5.73 Å². The highest BCUT2D eigenvalue weighted by Crippen LogP contribution is 2.26. The fourth-order valence-electron chi connectivity index (χ4n) is 2.06. The van der Waals surface area contributed by atoms with Gasteiger partial charge >= 0.3 is 0 Å².